The molecule has 4 aromatic rings. The van der Waals surface area contributed by atoms with Crippen LogP contribution in [0.15, 0.2) is 53.6 Å². The Morgan fingerprint density at radius 3 is 2.53 bits per heavy atom. The van der Waals surface area contributed by atoms with Gasteiger partial charge < -0.3 is 0 Å². The van der Waals surface area contributed by atoms with Crippen LogP contribution in [0.4, 0.5) is 0 Å². The quantitative estimate of drug-likeness (QED) is 0.362. The summed E-state index contributed by atoms with van der Waals surface area (Å²) in [4.78, 5) is 30.3. The van der Waals surface area contributed by atoms with E-state index in [0.717, 1.165) is 53.8 Å². The van der Waals surface area contributed by atoms with E-state index in [2.05, 4.69) is 34.5 Å². The second-order valence-corrected chi connectivity index (χ2v) is 9.55. The second-order valence-electron chi connectivity index (χ2n) is 9.55. The van der Waals surface area contributed by atoms with E-state index in [-0.39, 0.29) is 29.4 Å². The van der Waals surface area contributed by atoms with Crippen molar-refractivity contribution in [3.63, 3.8) is 0 Å². The number of hydrogen-bond donors (Lipinski definition) is 1. The first-order valence-corrected chi connectivity index (χ1v) is 12.6. The fourth-order valence-electron chi connectivity index (χ4n) is 5.31. The zero-order valence-corrected chi connectivity index (χ0v) is 20.9. The lowest BCUT2D eigenvalue weighted by molar-refractivity contribution is -0.118. The Kier molecular flexibility index (Phi) is 6.63. The highest BCUT2D eigenvalue weighted by molar-refractivity contribution is 5.82. The van der Waals surface area contributed by atoms with Gasteiger partial charge in [0.25, 0.3) is 0 Å². The highest BCUT2D eigenvalue weighted by atomic mass is 16.2. The van der Waals surface area contributed by atoms with Gasteiger partial charge in [0.2, 0.25) is 0 Å². The zero-order valence-electron chi connectivity index (χ0n) is 20.9. The third-order valence-electron chi connectivity index (χ3n) is 7.23. The van der Waals surface area contributed by atoms with E-state index < -0.39 is 0 Å². The van der Waals surface area contributed by atoms with Crippen LogP contribution in [0.3, 0.4) is 0 Å². The molecule has 1 aliphatic carbocycles. The number of ketones is 1. The molecule has 9 nitrogen and oxygen atoms in total. The van der Waals surface area contributed by atoms with Crippen LogP contribution in [-0.4, -0.2) is 40.5 Å². The molecule has 0 amide bonds. The molecule has 0 spiro atoms. The van der Waals surface area contributed by atoms with Gasteiger partial charge in [0, 0.05) is 35.1 Å². The van der Waals surface area contributed by atoms with Crippen LogP contribution >= 0.6 is 0 Å². The Morgan fingerprint density at radius 1 is 1.11 bits per heavy atom. The van der Waals surface area contributed by atoms with Crippen molar-refractivity contribution in [2.24, 2.45) is 11.8 Å². The number of carbonyl (C=O) groups is 1. The van der Waals surface area contributed by atoms with Crippen molar-refractivity contribution in [2.45, 2.75) is 59.0 Å². The number of pyridine rings is 1. The van der Waals surface area contributed by atoms with Crippen LogP contribution in [0.2, 0.25) is 0 Å². The minimum absolute atomic E-state index is 0.0239. The lowest BCUT2D eigenvalue weighted by atomic mass is 10.0. The molecule has 36 heavy (non-hydrogen) atoms. The maximum absolute atomic E-state index is 13.5. The first kappa shape index (κ1) is 23.8. The van der Waals surface area contributed by atoms with Gasteiger partial charge in [0.15, 0.2) is 5.82 Å². The molecule has 3 unspecified atom stereocenters. The van der Waals surface area contributed by atoms with Crippen molar-refractivity contribution < 1.29 is 4.79 Å². The highest BCUT2D eigenvalue weighted by Gasteiger charge is 2.53. The number of imidazole rings is 1. The summed E-state index contributed by atoms with van der Waals surface area (Å²) in [5.41, 5.74) is 4.51. The Labute approximate surface area is 209 Å². The van der Waals surface area contributed by atoms with Crippen molar-refractivity contribution in [2.75, 3.05) is 0 Å². The normalized spacial score (nSPS) is 18.9. The molecule has 0 radical (unpaired) electrons. The van der Waals surface area contributed by atoms with Crippen LogP contribution in [0.25, 0.3) is 22.6 Å². The molecule has 186 valence electrons. The number of unbranched alkanes of at least 4 members (excludes halogenated alkanes) is 1. The number of benzene rings is 1. The van der Waals surface area contributed by atoms with Gasteiger partial charge >= 0.3 is 5.69 Å². The van der Waals surface area contributed by atoms with E-state index in [9.17, 15) is 9.59 Å². The monoisotopic (exact) mass is 485 g/mol. The van der Waals surface area contributed by atoms with E-state index in [1.807, 2.05) is 57.9 Å². The number of tetrazole rings is 1. The molecule has 1 fully saturated rings. The molecule has 3 atom stereocenters. The minimum Gasteiger partial charge on any atom is -0.300 e. The van der Waals surface area contributed by atoms with Crippen LogP contribution in [-0.2, 0) is 17.8 Å². The topological polar surface area (TPSA) is 111 Å². The Morgan fingerprint density at radius 2 is 1.92 bits per heavy atom. The molecule has 3 heterocycles. The summed E-state index contributed by atoms with van der Waals surface area (Å²) in [5, 5.41) is 14.2. The Balaban J connectivity index is 1.44. The van der Waals surface area contributed by atoms with E-state index in [1.54, 1.807) is 6.92 Å². The lowest BCUT2D eigenvalue weighted by Gasteiger charge is -2.09. The summed E-state index contributed by atoms with van der Waals surface area (Å²) < 4.78 is 3.66. The molecule has 0 aliphatic heterocycles. The van der Waals surface area contributed by atoms with Gasteiger partial charge in [-0.1, -0.05) is 57.0 Å². The standard InChI is InChI=1S/C27H31N7O2/c1-4-6-9-19-16-34(25-20(5-2)24(25)17(3)35)27(36)33(19)15-18-12-13-23(28-14-18)21-10-7-8-11-22(21)26-29-31-32-30-26/h7-8,10-14,16,20,24-25H,4-6,9,15H2,1-3H3,(H,29,30,31,32). The number of H-pyrrole nitrogens is 1. The number of Topliss-reactive ketones (excluding diaryl/α,β-unsaturated/α-hetero) is 1. The average molecular weight is 486 g/mol. The van der Waals surface area contributed by atoms with Crippen LogP contribution in [0, 0.1) is 11.8 Å². The van der Waals surface area contributed by atoms with Gasteiger partial charge in [-0.2, -0.15) is 0 Å². The minimum atomic E-state index is -0.0526. The summed E-state index contributed by atoms with van der Waals surface area (Å²) in [5.74, 6) is 0.945. The van der Waals surface area contributed by atoms with Crippen molar-refractivity contribution >= 4 is 5.78 Å². The lowest BCUT2D eigenvalue weighted by Crippen LogP contribution is -2.26. The number of nitrogens with zero attached hydrogens (tertiary/aromatic N) is 6. The summed E-state index contributed by atoms with van der Waals surface area (Å²) >= 11 is 0. The van der Waals surface area contributed by atoms with E-state index >= 15 is 0 Å². The largest absolute Gasteiger partial charge is 0.328 e. The third-order valence-corrected chi connectivity index (χ3v) is 7.23. The summed E-state index contributed by atoms with van der Waals surface area (Å²) in [6, 6.07) is 11.8. The predicted octanol–water partition coefficient (Wildman–Crippen LogP) is 4.07. The molecule has 1 N–H and O–H groups in total. The number of aromatic nitrogens is 7. The van der Waals surface area contributed by atoms with Gasteiger partial charge in [-0.3, -0.25) is 18.9 Å². The summed E-state index contributed by atoms with van der Waals surface area (Å²) in [6.07, 6.45) is 7.59. The fourth-order valence-corrected chi connectivity index (χ4v) is 5.31. The number of rotatable bonds is 10. The van der Waals surface area contributed by atoms with Crippen LogP contribution in [0.5, 0.6) is 0 Å². The van der Waals surface area contributed by atoms with E-state index in [0.29, 0.717) is 12.4 Å². The first-order valence-electron chi connectivity index (χ1n) is 12.6. The van der Waals surface area contributed by atoms with Gasteiger partial charge in [-0.15, -0.1) is 5.10 Å². The van der Waals surface area contributed by atoms with Crippen LogP contribution < -0.4 is 5.69 Å². The number of carbonyl (C=O) groups excluding carboxylic acids is 1. The highest BCUT2D eigenvalue weighted by Crippen LogP contribution is 2.52. The summed E-state index contributed by atoms with van der Waals surface area (Å²) in [6.45, 7) is 6.32. The third kappa shape index (κ3) is 4.41. The van der Waals surface area contributed by atoms with E-state index in [4.69, 9.17) is 4.98 Å². The maximum atomic E-state index is 13.5. The average Bonchev–Trinajstić information content (AvgIpc) is 3.21. The molecular weight excluding hydrogens is 454 g/mol. The molecule has 0 saturated heterocycles. The number of aromatic amines is 1. The molecular formula is C27H31N7O2. The first-order chi connectivity index (χ1) is 17.5. The van der Waals surface area contributed by atoms with Gasteiger partial charge in [0.05, 0.1) is 18.3 Å². The molecule has 1 aromatic carbocycles. The molecule has 1 saturated carbocycles. The molecule has 5 rings (SSSR count). The summed E-state index contributed by atoms with van der Waals surface area (Å²) in [7, 11) is 0. The fraction of sp³-hybridized carbons (Fsp3) is 0.407. The zero-order chi connectivity index (χ0) is 25.2. The number of aryl methyl sites for hydroxylation is 1. The predicted molar refractivity (Wildman–Crippen MR) is 136 cm³/mol. The van der Waals surface area contributed by atoms with Gasteiger partial charge in [0.1, 0.15) is 5.78 Å². The SMILES string of the molecule is CCCCc1cn(C2C(CC)C2C(C)=O)c(=O)n1Cc1ccc(-c2ccccc2-c2nnn[nH]2)nc1. The van der Waals surface area contributed by atoms with Gasteiger partial charge in [-0.05, 0) is 47.7 Å². The molecule has 3 aromatic heterocycles. The Hall–Kier alpha value is -3.88. The maximum Gasteiger partial charge on any atom is 0.328 e. The van der Waals surface area contributed by atoms with Crippen molar-refractivity contribution in [3.05, 3.63) is 70.5 Å². The Bertz CT molecular complexity index is 1400. The molecule has 9 heteroatoms. The van der Waals surface area contributed by atoms with Crippen molar-refractivity contribution in [1.29, 1.82) is 0 Å². The van der Waals surface area contributed by atoms with Crippen molar-refractivity contribution in [1.82, 2.24) is 34.7 Å². The second kappa shape index (κ2) is 10.0. The smallest absolute Gasteiger partial charge is 0.300 e. The van der Waals surface area contributed by atoms with E-state index in [1.165, 1.54) is 0 Å². The van der Waals surface area contributed by atoms with Crippen LogP contribution in [0.1, 0.15) is 57.3 Å². The number of nitrogens with one attached hydrogen (secondary N) is 1. The van der Waals surface area contributed by atoms with Crippen molar-refractivity contribution in [3.8, 4) is 22.6 Å². The molecule has 0 bridgehead atoms. The molecule has 1 aliphatic rings. The van der Waals surface area contributed by atoms with Gasteiger partial charge in [-0.25, -0.2) is 9.89 Å². The number of hydrogen-bond acceptors (Lipinski definition) is 6.